The maximum atomic E-state index is 11.8. The van der Waals surface area contributed by atoms with E-state index in [1.54, 1.807) is 20.0 Å². The lowest BCUT2D eigenvalue weighted by molar-refractivity contribution is -0.123. The highest BCUT2D eigenvalue weighted by Crippen LogP contribution is 2.24. The van der Waals surface area contributed by atoms with Gasteiger partial charge in [0.25, 0.3) is 0 Å². The number of rotatable bonds is 5. The van der Waals surface area contributed by atoms with Crippen LogP contribution in [0.15, 0.2) is 28.6 Å². The maximum absolute atomic E-state index is 11.8. The van der Waals surface area contributed by atoms with Gasteiger partial charge in [-0.25, -0.2) is 9.48 Å². The Kier molecular flexibility index (Phi) is 4.05. The Hall–Kier alpha value is -1.93. The van der Waals surface area contributed by atoms with Crippen LogP contribution in [0.2, 0.25) is 0 Å². The summed E-state index contributed by atoms with van der Waals surface area (Å²) in [6.07, 6.45) is 1.34. The molecule has 0 aliphatic rings. The Labute approximate surface area is 119 Å². The average molecular weight is 296 g/mol. The lowest BCUT2D eigenvalue weighted by Gasteiger charge is -2.22. The first-order valence-corrected chi connectivity index (χ1v) is 6.89. The van der Waals surface area contributed by atoms with Crippen LogP contribution in [0.1, 0.15) is 11.8 Å². The third-order valence-corrected chi connectivity index (χ3v) is 3.98. The molecule has 0 fully saturated rings. The highest BCUT2D eigenvalue weighted by atomic mass is 32.1. The van der Waals surface area contributed by atoms with Gasteiger partial charge in [0, 0.05) is 11.9 Å². The number of aromatic nitrogens is 3. The molecule has 0 aliphatic carbocycles. The molecule has 0 spiro atoms. The van der Waals surface area contributed by atoms with Crippen molar-refractivity contribution in [3.63, 3.8) is 0 Å². The van der Waals surface area contributed by atoms with Crippen LogP contribution in [0.5, 0.6) is 0 Å². The second-order valence-electron chi connectivity index (χ2n) is 4.71. The van der Waals surface area contributed by atoms with Crippen molar-refractivity contribution >= 4 is 17.2 Å². The van der Waals surface area contributed by atoms with Gasteiger partial charge < -0.3 is 10.4 Å². The van der Waals surface area contributed by atoms with E-state index >= 15 is 0 Å². The molecule has 0 aliphatic heterocycles. The molecule has 1 atom stereocenters. The standard InChI is InChI=1S/C12H16N4O3S/c1-12(19,9-4-3-5-20-9)7-13-10(17)6-16-11(18)15(2)8-14-16/h3-5,8,19H,6-7H2,1-2H3,(H,13,17). The number of hydrogen-bond acceptors (Lipinski definition) is 5. The van der Waals surface area contributed by atoms with Gasteiger partial charge in [0.2, 0.25) is 5.91 Å². The quantitative estimate of drug-likeness (QED) is 0.790. The van der Waals surface area contributed by atoms with Gasteiger partial charge in [0.05, 0.1) is 6.54 Å². The van der Waals surface area contributed by atoms with Crippen LogP contribution in [-0.2, 0) is 24.0 Å². The Morgan fingerprint density at radius 3 is 2.90 bits per heavy atom. The Morgan fingerprint density at radius 2 is 2.35 bits per heavy atom. The monoisotopic (exact) mass is 296 g/mol. The van der Waals surface area contributed by atoms with E-state index in [1.165, 1.54) is 22.2 Å². The SMILES string of the molecule is Cn1cnn(CC(=O)NCC(C)(O)c2cccs2)c1=O. The smallest absolute Gasteiger partial charge is 0.345 e. The fourth-order valence-electron chi connectivity index (χ4n) is 1.66. The van der Waals surface area contributed by atoms with Crippen molar-refractivity contribution < 1.29 is 9.90 Å². The van der Waals surface area contributed by atoms with Gasteiger partial charge in [-0.05, 0) is 18.4 Å². The molecule has 8 heteroatoms. The van der Waals surface area contributed by atoms with E-state index in [9.17, 15) is 14.7 Å². The number of carbonyl (C=O) groups is 1. The topological polar surface area (TPSA) is 89.2 Å². The third kappa shape index (κ3) is 3.14. The first kappa shape index (κ1) is 14.5. The van der Waals surface area contributed by atoms with E-state index in [-0.39, 0.29) is 24.7 Å². The van der Waals surface area contributed by atoms with Crippen molar-refractivity contribution in [3.05, 3.63) is 39.2 Å². The molecule has 0 saturated heterocycles. The van der Waals surface area contributed by atoms with Gasteiger partial charge in [-0.1, -0.05) is 6.07 Å². The zero-order chi connectivity index (χ0) is 14.8. The van der Waals surface area contributed by atoms with Crippen molar-refractivity contribution in [2.75, 3.05) is 6.54 Å². The van der Waals surface area contributed by atoms with Gasteiger partial charge in [-0.3, -0.25) is 9.36 Å². The molecular formula is C12H16N4O3S. The second kappa shape index (κ2) is 5.59. The highest BCUT2D eigenvalue weighted by Gasteiger charge is 2.24. The minimum absolute atomic E-state index is 0.0773. The zero-order valence-corrected chi connectivity index (χ0v) is 12.1. The van der Waals surface area contributed by atoms with Crippen LogP contribution < -0.4 is 11.0 Å². The number of aliphatic hydroxyl groups is 1. The summed E-state index contributed by atoms with van der Waals surface area (Å²) in [5, 5.41) is 18.5. The van der Waals surface area contributed by atoms with E-state index < -0.39 is 5.60 Å². The number of aryl methyl sites for hydroxylation is 1. The highest BCUT2D eigenvalue weighted by molar-refractivity contribution is 7.10. The zero-order valence-electron chi connectivity index (χ0n) is 11.2. The lowest BCUT2D eigenvalue weighted by Crippen LogP contribution is -2.40. The number of amides is 1. The average Bonchev–Trinajstić information content (AvgIpc) is 3.03. The molecule has 0 bridgehead atoms. The van der Waals surface area contributed by atoms with Crippen LogP contribution in [0.4, 0.5) is 0 Å². The molecule has 0 aromatic carbocycles. The summed E-state index contributed by atoms with van der Waals surface area (Å²) >= 11 is 1.42. The number of carbonyl (C=O) groups excluding carboxylic acids is 1. The summed E-state index contributed by atoms with van der Waals surface area (Å²) in [7, 11) is 1.56. The Balaban J connectivity index is 1.93. The van der Waals surface area contributed by atoms with Crippen LogP contribution in [0.3, 0.4) is 0 Å². The molecule has 2 aromatic rings. The fourth-order valence-corrected chi connectivity index (χ4v) is 2.45. The summed E-state index contributed by atoms with van der Waals surface area (Å²) < 4.78 is 2.35. The largest absolute Gasteiger partial charge is 0.383 e. The van der Waals surface area contributed by atoms with Crippen LogP contribution >= 0.6 is 11.3 Å². The molecule has 2 N–H and O–H groups in total. The first-order chi connectivity index (χ1) is 9.40. The predicted octanol–water partition coefficient (Wildman–Crippen LogP) is -0.333. The normalized spacial score (nSPS) is 13.9. The van der Waals surface area contributed by atoms with E-state index in [4.69, 9.17) is 0 Å². The third-order valence-electron chi connectivity index (χ3n) is 2.86. The van der Waals surface area contributed by atoms with Crippen LogP contribution in [-0.4, -0.2) is 31.9 Å². The Bertz CT molecular complexity index is 642. The van der Waals surface area contributed by atoms with Gasteiger partial charge in [-0.15, -0.1) is 11.3 Å². The number of nitrogens with zero attached hydrogens (tertiary/aromatic N) is 3. The van der Waals surface area contributed by atoms with Gasteiger partial charge in [-0.2, -0.15) is 5.10 Å². The molecule has 1 amide bonds. The summed E-state index contributed by atoms with van der Waals surface area (Å²) in [5.41, 5.74) is -1.48. The van der Waals surface area contributed by atoms with Crippen molar-refractivity contribution in [3.8, 4) is 0 Å². The minimum atomic E-state index is -1.13. The molecular weight excluding hydrogens is 280 g/mol. The van der Waals surface area contributed by atoms with E-state index in [2.05, 4.69) is 10.4 Å². The first-order valence-electron chi connectivity index (χ1n) is 6.01. The lowest BCUT2D eigenvalue weighted by atomic mass is 10.1. The predicted molar refractivity (Wildman–Crippen MR) is 74.4 cm³/mol. The summed E-state index contributed by atoms with van der Waals surface area (Å²) in [6, 6.07) is 3.64. The number of nitrogens with one attached hydrogen (secondary N) is 1. The molecule has 0 saturated carbocycles. The molecule has 108 valence electrons. The van der Waals surface area contributed by atoms with Crippen molar-refractivity contribution in [1.29, 1.82) is 0 Å². The van der Waals surface area contributed by atoms with Crippen molar-refractivity contribution in [1.82, 2.24) is 19.7 Å². The molecule has 1 unspecified atom stereocenters. The summed E-state index contributed by atoms with van der Waals surface area (Å²) in [4.78, 5) is 24.1. The molecule has 0 radical (unpaired) electrons. The molecule has 20 heavy (non-hydrogen) atoms. The van der Waals surface area contributed by atoms with E-state index in [1.807, 2.05) is 11.4 Å². The van der Waals surface area contributed by atoms with Gasteiger partial charge in [0.15, 0.2) is 0 Å². The summed E-state index contributed by atoms with van der Waals surface area (Å²) in [6.45, 7) is 1.54. The second-order valence-corrected chi connectivity index (χ2v) is 5.66. The Morgan fingerprint density at radius 1 is 1.60 bits per heavy atom. The molecule has 7 nitrogen and oxygen atoms in total. The molecule has 2 heterocycles. The maximum Gasteiger partial charge on any atom is 0.345 e. The fraction of sp³-hybridized carbons (Fsp3) is 0.417. The van der Waals surface area contributed by atoms with Crippen molar-refractivity contribution in [2.24, 2.45) is 7.05 Å². The van der Waals surface area contributed by atoms with E-state index in [0.717, 1.165) is 9.56 Å². The molecule has 2 rings (SSSR count). The van der Waals surface area contributed by atoms with Gasteiger partial charge >= 0.3 is 5.69 Å². The summed E-state index contributed by atoms with van der Waals surface area (Å²) in [5.74, 6) is -0.373. The number of hydrogen-bond donors (Lipinski definition) is 2. The van der Waals surface area contributed by atoms with E-state index in [0.29, 0.717) is 0 Å². The van der Waals surface area contributed by atoms with Crippen molar-refractivity contribution in [2.45, 2.75) is 19.1 Å². The van der Waals surface area contributed by atoms with Crippen LogP contribution in [0.25, 0.3) is 0 Å². The minimum Gasteiger partial charge on any atom is -0.383 e. The van der Waals surface area contributed by atoms with Crippen LogP contribution in [0, 0.1) is 0 Å². The number of thiophene rings is 1. The molecule has 2 aromatic heterocycles. The van der Waals surface area contributed by atoms with Gasteiger partial charge in [0.1, 0.15) is 18.5 Å².